The van der Waals surface area contributed by atoms with Gasteiger partial charge in [-0.1, -0.05) is 87.5 Å². The Labute approximate surface area is 194 Å². The van der Waals surface area contributed by atoms with Crippen LogP contribution in [0.5, 0.6) is 5.75 Å². The third kappa shape index (κ3) is 6.09. The molecule has 2 aromatic carbocycles. The van der Waals surface area contributed by atoms with Crippen molar-refractivity contribution >= 4 is 19.2 Å². The van der Waals surface area contributed by atoms with E-state index in [1.165, 1.54) is 16.4 Å². The lowest BCUT2D eigenvalue weighted by Crippen LogP contribution is -2.18. The summed E-state index contributed by atoms with van der Waals surface area (Å²) in [7, 11) is 4.66. The zero-order valence-electron chi connectivity index (χ0n) is 19.2. The SMILES string of the molecule is CN(C)Cc1ccccc1Pc1cc(CC2C=CC=CC2)cc(CC2C=CC=CC2)c1O. The van der Waals surface area contributed by atoms with E-state index >= 15 is 0 Å². The minimum absolute atomic E-state index is 0.450. The highest BCUT2D eigenvalue weighted by molar-refractivity contribution is 7.55. The molecule has 3 heteroatoms. The second kappa shape index (κ2) is 10.9. The highest BCUT2D eigenvalue weighted by Crippen LogP contribution is 2.30. The Hall–Kier alpha value is -2.41. The Morgan fingerprint density at radius 2 is 1.53 bits per heavy atom. The minimum Gasteiger partial charge on any atom is -0.507 e. The van der Waals surface area contributed by atoms with E-state index in [9.17, 15) is 5.11 Å². The van der Waals surface area contributed by atoms with E-state index in [1.807, 2.05) is 0 Å². The largest absolute Gasteiger partial charge is 0.507 e. The van der Waals surface area contributed by atoms with Crippen LogP contribution in [0.15, 0.2) is 85.0 Å². The first-order valence-electron chi connectivity index (χ1n) is 11.6. The summed E-state index contributed by atoms with van der Waals surface area (Å²) in [6.45, 7) is 0.912. The first-order valence-corrected chi connectivity index (χ1v) is 12.6. The van der Waals surface area contributed by atoms with Crippen molar-refractivity contribution in [1.29, 1.82) is 0 Å². The quantitative estimate of drug-likeness (QED) is 0.550. The third-order valence-electron chi connectivity index (χ3n) is 6.14. The summed E-state index contributed by atoms with van der Waals surface area (Å²) in [6, 6.07) is 13.2. The van der Waals surface area contributed by atoms with E-state index in [4.69, 9.17) is 0 Å². The average molecular weight is 444 g/mol. The summed E-state index contributed by atoms with van der Waals surface area (Å²) in [5.74, 6) is 1.48. The van der Waals surface area contributed by atoms with Crippen molar-refractivity contribution in [2.75, 3.05) is 14.1 Å². The number of phenolic OH excluding ortho intramolecular Hbond substituents is 1. The number of hydrogen-bond acceptors (Lipinski definition) is 2. The number of hydrogen-bond donors (Lipinski definition) is 1. The Balaban J connectivity index is 1.65. The summed E-state index contributed by atoms with van der Waals surface area (Å²) < 4.78 is 0. The maximum atomic E-state index is 11.3. The minimum atomic E-state index is 0.450. The highest BCUT2D eigenvalue weighted by atomic mass is 31.1. The predicted octanol–water partition coefficient (Wildman–Crippen LogP) is 5.43. The molecule has 0 aromatic heterocycles. The van der Waals surface area contributed by atoms with Crippen LogP contribution in [0.4, 0.5) is 0 Å². The van der Waals surface area contributed by atoms with Crippen molar-refractivity contribution in [1.82, 2.24) is 4.90 Å². The zero-order valence-corrected chi connectivity index (χ0v) is 20.2. The molecule has 166 valence electrons. The van der Waals surface area contributed by atoms with Crippen molar-refractivity contribution in [2.45, 2.75) is 32.2 Å². The van der Waals surface area contributed by atoms with E-state index < -0.39 is 0 Å². The highest BCUT2D eigenvalue weighted by Gasteiger charge is 2.17. The number of phenols is 1. The van der Waals surface area contributed by atoms with E-state index in [1.54, 1.807) is 0 Å². The lowest BCUT2D eigenvalue weighted by molar-refractivity contribution is 0.403. The van der Waals surface area contributed by atoms with E-state index in [0.717, 1.165) is 43.1 Å². The normalized spacial score (nSPS) is 20.1. The molecule has 1 N–H and O–H groups in total. The van der Waals surface area contributed by atoms with E-state index in [-0.39, 0.29) is 0 Å². The Kier molecular flexibility index (Phi) is 7.79. The zero-order chi connectivity index (χ0) is 22.3. The van der Waals surface area contributed by atoms with Crippen molar-refractivity contribution < 1.29 is 5.11 Å². The number of allylic oxidation sites excluding steroid dienone is 8. The van der Waals surface area contributed by atoms with E-state index in [2.05, 4.69) is 104 Å². The van der Waals surface area contributed by atoms with Crippen molar-refractivity contribution in [3.8, 4) is 5.75 Å². The maximum Gasteiger partial charge on any atom is 0.126 e. The van der Waals surface area contributed by atoms with Gasteiger partial charge >= 0.3 is 0 Å². The van der Waals surface area contributed by atoms with Crippen LogP contribution in [-0.2, 0) is 19.4 Å². The molecule has 0 saturated heterocycles. The number of rotatable bonds is 8. The van der Waals surface area contributed by atoms with Crippen LogP contribution < -0.4 is 10.6 Å². The van der Waals surface area contributed by atoms with Gasteiger partial charge < -0.3 is 10.0 Å². The number of benzene rings is 2. The first-order chi connectivity index (χ1) is 15.6. The Morgan fingerprint density at radius 1 is 0.844 bits per heavy atom. The summed E-state index contributed by atoms with van der Waals surface area (Å²) in [5, 5.41) is 13.7. The molecule has 2 nitrogen and oxygen atoms in total. The fraction of sp³-hybridized carbons (Fsp3) is 0.310. The molecule has 2 aliphatic rings. The molecule has 0 radical (unpaired) electrons. The van der Waals surface area contributed by atoms with Gasteiger partial charge in [-0.05, 0) is 79.7 Å². The summed E-state index contributed by atoms with van der Waals surface area (Å²) >= 11 is 0. The van der Waals surface area contributed by atoms with E-state index in [0.29, 0.717) is 26.2 Å². The van der Waals surface area contributed by atoms with Crippen LogP contribution >= 0.6 is 8.58 Å². The molecule has 0 bridgehead atoms. The van der Waals surface area contributed by atoms with Gasteiger partial charge in [0.1, 0.15) is 5.75 Å². The molecule has 0 spiro atoms. The van der Waals surface area contributed by atoms with Crippen LogP contribution in [0.2, 0.25) is 0 Å². The van der Waals surface area contributed by atoms with Crippen LogP contribution in [-0.4, -0.2) is 24.1 Å². The monoisotopic (exact) mass is 443 g/mol. The maximum absolute atomic E-state index is 11.3. The Bertz CT molecular complexity index is 1050. The van der Waals surface area contributed by atoms with Crippen LogP contribution in [0.3, 0.4) is 0 Å². The van der Waals surface area contributed by atoms with Gasteiger partial charge in [0.05, 0.1) is 0 Å². The van der Waals surface area contributed by atoms with Gasteiger partial charge in [-0.15, -0.1) is 0 Å². The fourth-order valence-electron chi connectivity index (χ4n) is 4.55. The van der Waals surface area contributed by atoms with Crippen molar-refractivity contribution in [3.05, 3.63) is 102 Å². The van der Waals surface area contributed by atoms with Crippen LogP contribution in [0.25, 0.3) is 0 Å². The van der Waals surface area contributed by atoms with Gasteiger partial charge in [0.15, 0.2) is 0 Å². The molecule has 0 amide bonds. The number of aromatic hydroxyl groups is 1. The van der Waals surface area contributed by atoms with Crippen LogP contribution in [0.1, 0.15) is 29.5 Å². The second-order valence-electron chi connectivity index (χ2n) is 9.20. The smallest absolute Gasteiger partial charge is 0.126 e. The lowest BCUT2D eigenvalue weighted by Gasteiger charge is -2.20. The summed E-state index contributed by atoms with van der Waals surface area (Å²) in [6.07, 6.45) is 21.7. The summed E-state index contributed by atoms with van der Waals surface area (Å²) in [4.78, 5) is 2.21. The molecule has 2 aromatic rings. The predicted molar refractivity (Wildman–Crippen MR) is 140 cm³/mol. The van der Waals surface area contributed by atoms with Gasteiger partial charge in [0.2, 0.25) is 0 Å². The summed E-state index contributed by atoms with van der Waals surface area (Å²) in [5.41, 5.74) is 3.77. The number of nitrogens with zero attached hydrogens (tertiary/aromatic N) is 1. The van der Waals surface area contributed by atoms with Crippen molar-refractivity contribution in [3.63, 3.8) is 0 Å². The van der Waals surface area contributed by atoms with Gasteiger partial charge in [-0.2, -0.15) is 0 Å². The molecule has 0 fully saturated rings. The van der Waals surface area contributed by atoms with Gasteiger partial charge in [-0.3, -0.25) is 0 Å². The fourth-order valence-corrected chi connectivity index (χ4v) is 5.88. The standard InChI is InChI=1S/C29H34NOP/c1-30(2)21-25-15-9-10-16-27(25)32-28-20-24(17-22-11-5-3-6-12-22)19-26(29(28)31)18-23-13-7-4-8-14-23/h3-11,13,15-16,19-20,22-23,31-32H,12,14,17-18,21H2,1-2H3. The molecule has 32 heavy (non-hydrogen) atoms. The topological polar surface area (TPSA) is 23.5 Å². The molecule has 4 rings (SSSR count). The Morgan fingerprint density at radius 3 is 2.19 bits per heavy atom. The third-order valence-corrected chi connectivity index (χ3v) is 7.55. The van der Waals surface area contributed by atoms with Gasteiger partial charge in [0, 0.05) is 11.8 Å². The molecular formula is C29H34NOP. The molecule has 2 aliphatic carbocycles. The van der Waals surface area contributed by atoms with Gasteiger partial charge in [0.25, 0.3) is 0 Å². The van der Waals surface area contributed by atoms with Crippen molar-refractivity contribution in [2.24, 2.45) is 11.8 Å². The molecule has 3 atom stereocenters. The molecular weight excluding hydrogens is 409 g/mol. The van der Waals surface area contributed by atoms with Crippen LogP contribution in [0, 0.1) is 11.8 Å². The molecule has 0 heterocycles. The van der Waals surface area contributed by atoms with Gasteiger partial charge in [-0.25, -0.2) is 0 Å². The first kappa shape index (κ1) is 22.8. The molecule has 3 unspecified atom stereocenters. The second-order valence-corrected chi connectivity index (χ2v) is 10.5. The molecule has 0 saturated carbocycles. The molecule has 0 aliphatic heterocycles. The average Bonchev–Trinajstić information content (AvgIpc) is 2.79. The lowest BCUT2D eigenvalue weighted by atomic mass is 9.89.